The Morgan fingerprint density at radius 3 is 2.69 bits per heavy atom. The van der Waals surface area contributed by atoms with Crippen LogP contribution in [0.25, 0.3) is 0 Å². The highest BCUT2D eigenvalue weighted by Crippen LogP contribution is 2.44. The lowest BCUT2D eigenvalue weighted by Crippen LogP contribution is -2.56. The maximum Gasteiger partial charge on any atom is 0.407 e. The van der Waals surface area contributed by atoms with Gasteiger partial charge in [0.25, 0.3) is 5.91 Å². The number of piperidine rings is 1. The molecule has 2 heterocycles. The Balaban J connectivity index is 2.05. The summed E-state index contributed by atoms with van der Waals surface area (Å²) < 4.78 is 20.3. The molecule has 1 aliphatic rings. The Bertz CT molecular complexity index is 1030. The summed E-state index contributed by atoms with van der Waals surface area (Å²) in [5, 5.41) is 27.2. The van der Waals surface area contributed by atoms with Crippen LogP contribution in [-0.4, -0.2) is 58.1 Å². The zero-order valence-corrected chi connectivity index (χ0v) is 17.8. The first-order valence-corrected chi connectivity index (χ1v) is 10.1. The largest absolute Gasteiger partial charge is 0.465 e. The van der Waals surface area contributed by atoms with Crippen LogP contribution < -0.4 is 11.1 Å². The number of hydrogen-bond donors (Lipinski definition) is 3. The predicted molar refractivity (Wildman–Crippen MR) is 113 cm³/mol. The van der Waals surface area contributed by atoms with Crippen molar-refractivity contribution < 1.29 is 23.8 Å². The summed E-state index contributed by atoms with van der Waals surface area (Å²) in [6.07, 6.45) is 0.512. The highest BCUT2D eigenvalue weighted by atomic mass is 19.1. The zero-order valence-electron chi connectivity index (χ0n) is 17.8. The van der Waals surface area contributed by atoms with E-state index >= 15 is 0 Å². The molecule has 4 N–H and O–H groups in total. The standard InChI is InChI=1S/C21H25FN6O4/c1-3-17(32-2)21(11-23)12-27(20(30)31)9-8-16(21)28-10-15(18(24)29)19(26-28)25-14-6-4-13(22)5-7-14/h4-7,10,16-17H,3,8-9,12H2,1-2H3,(H2,24,29)(H,25,26)(H,30,31). The smallest absolute Gasteiger partial charge is 0.407 e. The summed E-state index contributed by atoms with van der Waals surface area (Å²) in [6.45, 7) is 1.97. The van der Waals surface area contributed by atoms with E-state index in [2.05, 4.69) is 16.5 Å². The van der Waals surface area contributed by atoms with Gasteiger partial charge in [0.1, 0.15) is 16.8 Å². The van der Waals surface area contributed by atoms with Gasteiger partial charge in [-0.05, 0) is 37.1 Å². The molecular formula is C21H25FN6O4. The van der Waals surface area contributed by atoms with Gasteiger partial charge in [-0.15, -0.1) is 0 Å². The molecule has 1 aliphatic heterocycles. The fourth-order valence-corrected chi connectivity index (χ4v) is 4.30. The second-order valence-electron chi connectivity index (χ2n) is 7.66. The van der Waals surface area contributed by atoms with Crippen LogP contribution in [0, 0.1) is 22.6 Å². The Hall–Kier alpha value is -3.65. The number of carbonyl (C=O) groups excluding carboxylic acids is 1. The number of rotatable bonds is 7. The lowest BCUT2D eigenvalue weighted by atomic mass is 9.71. The molecular weight excluding hydrogens is 419 g/mol. The van der Waals surface area contributed by atoms with Gasteiger partial charge in [-0.1, -0.05) is 6.92 Å². The van der Waals surface area contributed by atoms with Gasteiger partial charge in [0.15, 0.2) is 5.82 Å². The minimum atomic E-state index is -1.24. The number of carboxylic acid groups (broad SMARTS) is 1. The Labute approximate surface area is 184 Å². The Morgan fingerprint density at radius 2 is 2.16 bits per heavy atom. The van der Waals surface area contributed by atoms with Gasteiger partial charge in [0.2, 0.25) is 0 Å². The number of nitriles is 1. The van der Waals surface area contributed by atoms with Crippen LogP contribution in [0.5, 0.6) is 0 Å². The molecule has 1 aromatic heterocycles. The Morgan fingerprint density at radius 1 is 1.47 bits per heavy atom. The maximum atomic E-state index is 13.2. The molecule has 2 aromatic rings. The molecule has 32 heavy (non-hydrogen) atoms. The van der Waals surface area contributed by atoms with Crippen molar-refractivity contribution in [3.8, 4) is 6.07 Å². The molecule has 170 valence electrons. The third-order valence-electron chi connectivity index (χ3n) is 5.85. The van der Waals surface area contributed by atoms with Crippen molar-refractivity contribution in [3.63, 3.8) is 0 Å². The SMILES string of the molecule is CCC(OC)C1(C#N)CN(C(=O)O)CCC1n1cc(C(N)=O)c(Nc2ccc(F)cc2)n1. The van der Waals surface area contributed by atoms with Gasteiger partial charge in [-0.2, -0.15) is 10.4 Å². The first-order chi connectivity index (χ1) is 15.2. The second kappa shape index (κ2) is 9.23. The predicted octanol–water partition coefficient (Wildman–Crippen LogP) is 2.72. The van der Waals surface area contributed by atoms with Crippen molar-refractivity contribution >= 4 is 23.5 Å². The molecule has 1 fully saturated rings. The van der Waals surface area contributed by atoms with Crippen LogP contribution in [0.1, 0.15) is 36.2 Å². The van der Waals surface area contributed by atoms with Gasteiger partial charge < -0.3 is 25.8 Å². The number of amides is 2. The summed E-state index contributed by atoms with van der Waals surface area (Å²) in [4.78, 5) is 24.9. The van der Waals surface area contributed by atoms with Crippen molar-refractivity contribution in [1.29, 1.82) is 5.26 Å². The van der Waals surface area contributed by atoms with E-state index in [1.54, 1.807) is 0 Å². The number of carbonyl (C=O) groups is 2. The number of nitrogens with two attached hydrogens (primary N) is 1. The normalized spacial score (nSPS) is 21.6. The van der Waals surface area contributed by atoms with Crippen molar-refractivity contribution in [1.82, 2.24) is 14.7 Å². The van der Waals surface area contributed by atoms with Crippen LogP contribution in [0.3, 0.4) is 0 Å². The molecule has 1 saturated heterocycles. The molecule has 0 saturated carbocycles. The average molecular weight is 444 g/mol. The number of aromatic nitrogens is 2. The van der Waals surface area contributed by atoms with Crippen LogP contribution >= 0.6 is 0 Å². The molecule has 0 aliphatic carbocycles. The highest BCUT2D eigenvalue weighted by Gasteiger charge is 2.52. The number of benzene rings is 1. The molecule has 10 nitrogen and oxygen atoms in total. The number of hydrogen-bond acceptors (Lipinski definition) is 6. The van der Waals surface area contributed by atoms with Gasteiger partial charge >= 0.3 is 6.09 Å². The van der Waals surface area contributed by atoms with Crippen LogP contribution in [-0.2, 0) is 4.74 Å². The summed E-state index contributed by atoms with van der Waals surface area (Å²) in [5.41, 5.74) is 4.88. The lowest BCUT2D eigenvalue weighted by molar-refractivity contribution is -0.0517. The first-order valence-electron chi connectivity index (χ1n) is 10.1. The molecule has 0 spiro atoms. The van der Waals surface area contributed by atoms with Crippen LogP contribution in [0.2, 0.25) is 0 Å². The number of anilines is 2. The monoisotopic (exact) mass is 444 g/mol. The Kier molecular flexibility index (Phi) is 6.64. The fourth-order valence-electron chi connectivity index (χ4n) is 4.30. The van der Waals surface area contributed by atoms with E-state index < -0.39 is 35.4 Å². The molecule has 11 heteroatoms. The van der Waals surface area contributed by atoms with E-state index in [4.69, 9.17) is 10.5 Å². The van der Waals surface area contributed by atoms with E-state index in [0.717, 1.165) is 0 Å². The van der Waals surface area contributed by atoms with E-state index in [1.807, 2.05) is 6.92 Å². The topological polar surface area (TPSA) is 146 Å². The molecule has 3 unspecified atom stereocenters. The number of primary amides is 1. The zero-order chi connectivity index (χ0) is 23.5. The maximum absolute atomic E-state index is 13.2. The fraction of sp³-hybridized carbons (Fsp3) is 0.429. The van der Waals surface area contributed by atoms with E-state index in [1.165, 1.54) is 47.2 Å². The van der Waals surface area contributed by atoms with Gasteiger partial charge in [0.05, 0.1) is 18.2 Å². The molecule has 3 rings (SSSR count). The third kappa shape index (κ3) is 4.22. The molecule has 0 radical (unpaired) electrons. The van der Waals surface area contributed by atoms with E-state index in [0.29, 0.717) is 12.1 Å². The lowest BCUT2D eigenvalue weighted by Gasteiger charge is -2.46. The summed E-state index contributed by atoms with van der Waals surface area (Å²) in [7, 11) is 1.48. The number of likely N-dealkylation sites (tertiary alicyclic amines) is 1. The number of methoxy groups -OCH3 is 1. The molecule has 0 bridgehead atoms. The second-order valence-corrected chi connectivity index (χ2v) is 7.66. The average Bonchev–Trinajstić information content (AvgIpc) is 3.19. The number of nitrogens with one attached hydrogen (secondary N) is 1. The van der Waals surface area contributed by atoms with Crippen molar-refractivity contribution in [3.05, 3.63) is 41.8 Å². The third-order valence-corrected chi connectivity index (χ3v) is 5.85. The quantitative estimate of drug-likeness (QED) is 0.595. The van der Waals surface area contributed by atoms with Crippen molar-refractivity contribution in [2.24, 2.45) is 11.1 Å². The summed E-state index contributed by atoms with van der Waals surface area (Å²) in [5.74, 6) is -0.988. The van der Waals surface area contributed by atoms with Gasteiger partial charge in [-0.25, -0.2) is 9.18 Å². The van der Waals surface area contributed by atoms with Crippen LogP contribution in [0.15, 0.2) is 30.5 Å². The van der Waals surface area contributed by atoms with Crippen molar-refractivity contribution in [2.45, 2.75) is 31.9 Å². The minimum absolute atomic E-state index is 0.0671. The number of nitrogens with zero attached hydrogens (tertiary/aromatic N) is 4. The highest BCUT2D eigenvalue weighted by molar-refractivity contribution is 5.98. The summed E-state index contributed by atoms with van der Waals surface area (Å²) in [6, 6.07) is 7.22. The van der Waals surface area contributed by atoms with E-state index in [9.17, 15) is 24.3 Å². The van der Waals surface area contributed by atoms with Crippen molar-refractivity contribution in [2.75, 3.05) is 25.5 Å². The molecule has 2 amide bonds. The number of ether oxygens (including phenoxy) is 1. The number of halogens is 1. The van der Waals surface area contributed by atoms with Crippen LogP contribution in [0.4, 0.5) is 20.7 Å². The summed E-state index contributed by atoms with van der Waals surface area (Å²) >= 11 is 0. The molecule has 3 atom stereocenters. The minimum Gasteiger partial charge on any atom is -0.465 e. The van der Waals surface area contributed by atoms with Gasteiger partial charge in [0, 0.05) is 32.1 Å². The first kappa shape index (κ1) is 23.0. The van der Waals surface area contributed by atoms with Gasteiger partial charge in [-0.3, -0.25) is 9.48 Å². The van der Waals surface area contributed by atoms with E-state index in [-0.39, 0.29) is 30.9 Å². The molecule has 1 aromatic carbocycles.